The maximum Gasteiger partial charge on any atom is 0.0561 e. The molecular formula is C61H39N3. The topological polar surface area (TPSA) is 14.8 Å². The number of nitrogens with zero attached hydrogens (tertiary/aromatic N) is 3. The first-order chi connectivity index (χ1) is 31.8. The minimum atomic E-state index is 0.137. The van der Waals surface area contributed by atoms with Gasteiger partial charge in [0.25, 0.3) is 0 Å². The zero-order chi connectivity index (χ0) is 41.9. The van der Waals surface area contributed by atoms with E-state index in [9.17, 15) is 0 Å². The van der Waals surface area contributed by atoms with E-state index in [-0.39, 0.29) is 5.92 Å². The molecule has 64 heavy (non-hydrogen) atoms. The van der Waals surface area contributed by atoms with E-state index in [4.69, 9.17) is 0 Å². The summed E-state index contributed by atoms with van der Waals surface area (Å²) in [5.41, 5.74) is 19.8. The third-order valence-electron chi connectivity index (χ3n) is 13.9. The summed E-state index contributed by atoms with van der Waals surface area (Å²) in [5, 5.41) is 7.60. The van der Waals surface area contributed by atoms with Gasteiger partial charge in [0, 0.05) is 55.3 Å². The monoisotopic (exact) mass is 813 g/mol. The zero-order valence-corrected chi connectivity index (χ0v) is 34.9. The fourth-order valence-electron chi connectivity index (χ4n) is 11.1. The van der Waals surface area contributed by atoms with E-state index < -0.39 is 0 Å². The van der Waals surface area contributed by atoms with Gasteiger partial charge >= 0.3 is 0 Å². The molecule has 1 atom stereocenters. The van der Waals surface area contributed by atoms with Crippen LogP contribution in [0.25, 0.3) is 105 Å². The lowest BCUT2D eigenvalue weighted by atomic mass is 9.88. The van der Waals surface area contributed by atoms with Crippen LogP contribution in [0.4, 0.5) is 0 Å². The third-order valence-corrected chi connectivity index (χ3v) is 13.9. The Morgan fingerprint density at radius 2 is 0.625 bits per heavy atom. The predicted molar refractivity (Wildman–Crippen MR) is 268 cm³/mol. The van der Waals surface area contributed by atoms with Gasteiger partial charge in [0.05, 0.1) is 33.1 Å². The number of para-hydroxylation sites is 5. The quantitative estimate of drug-likeness (QED) is 0.164. The van der Waals surface area contributed by atoms with Gasteiger partial charge in [0.2, 0.25) is 0 Å². The van der Waals surface area contributed by atoms with Crippen molar-refractivity contribution in [1.29, 1.82) is 0 Å². The van der Waals surface area contributed by atoms with E-state index in [1.54, 1.807) is 0 Å². The molecule has 0 N–H and O–H groups in total. The Bertz CT molecular complexity index is 3900. The Morgan fingerprint density at radius 3 is 1.16 bits per heavy atom. The van der Waals surface area contributed by atoms with Crippen molar-refractivity contribution >= 4 is 65.4 Å². The third kappa shape index (κ3) is 5.04. The Morgan fingerprint density at radius 1 is 0.250 bits per heavy atom. The fraction of sp³-hybridized carbons (Fsp3) is 0.0164. The normalized spacial score (nSPS) is 13.5. The Hall–Kier alpha value is -8.40. The first-order valence-corrected chi connectivity index (χ1v) is 22.2. The number of benzene rings is 10. The van der Waals surface area contributed by atoms with Crippen molar-refractivity contribution < 1.29 is 0 Å². The predicted octanol–water partition coefficient (Wildman–Crippen LogP) is 15.8. The molecular weight excluding hydrogens is 775 g/mol. The van der Waals surface area contributed by atoms with Crippen molar-refractivity contribution in [2.75, 3.05) is 0 Å². The average Bonchev–Trinajstić information content (AvgIpc) is 4.09. The summed E-state index contributed by atoms with van der Waals surface area (Å²) in [6.07, 6.45) is 0. The summed E-state index contributed by atoms with van der Waals surface area (Å²) in [5.74, 6) is 0.137. The molecule has 13 aromatic rings. The molecule has 0 bridgehead atoms. The van der Waals surface area contributed by atoms with E-state index in [0.717, 1.165) is 11.4 Å². The largest absolute Gasteiger partial charge is 0.309 e. The standard InChI is InChI=1S/C61H39N3/c1-2-19-53-45(13-1)46-35-33-43(63-56-21-9-3-14-47(56)48-15-4-10-22-57(48)63)37-54(46)61(53)41-27-25-39(26-28-41)40-29-31-42(32-30-40)62-55-20-8-7-18-51(55)52-36-34-44(38-60(52)62)64-58-23-11-5-16-49(58)50-17-6-12-24-59(50)64/h1-38,61H. The Labute approximate surface area is 369 Å². The van der Waals surface area contributed by atoms with Crippen molar-refractivity contribution in [3.05, 3.63) is 247 Å². The van der Waals surface area contributed by atoms with Crippen LogP contribution in [0.15, 0.2) is 231 Å². The molecule has 298 valence electrons. The molecule has 3 heteroatoms. The van der Waals surface area contributed by atoms with E-state index in [0.29, 0.717) is 0 Å². The van der Waals surface area contributed by atoms with Gasteiger partial charge in [-0.2, -0.15) is 0 Å². The lowest BCUT2D eigenvalue weighted by molar-refractivity contribution is 1.01. The summed E-state index contributed by atoms with van der Waals surface area (Å²) in [6.45, 7) is 0. The van der Waals surface area contributed by atoms with Crippen LogP contribution in [0.1, 0.15) is 22.6 Å². The van der Waals surface area contributed by atoms with Crippen LogP contribution >= 0.6 is 0 Å². The molecule has 1 unspecified atom stereocenters. The molecule has 0 spiro atoms. The second kappa shape index (κ2) is 13.5. The summed E-state index contributed by atoms with van der Waals surface area (Å²) < 4.78 is 7.27. The minimum absolute atomic E-state index is 0.137. The molecule has 10 aromatic carbocycles. The van der Waals surface area contributed by atoms with Crippen LogP contribution in [0.2, 0.25) is 0 Å². The molecule has 0 saturated carbocycles. The molecule has 1 aliphatic rings. The van der Waals surface area contributed by atoms with Crippen molar-refractivity contribution in [1.82, 2.24) is 13.7 Å². The van der Waals surface area contributed by atoms with Crippen LogP contribution in [0, 0.1) is 0 Å². The maximum atomic E-state index is 2.44. The van der Waals surface area contributed by atoms with Crippen molar-refractivity contribution in [2.24, 2.45) is 0 Å². The highest BCUT2D eigenvalue weighted by Gasteiger charge is 2.30. The first kappa shape index (κ1) is 35.2. The molecule has 14 rings (SSSR count). The fourth-order valence-corrected chi connectivity index (χ4v) is 11.1. The minimum Gasteiger partial charge on any atom is -0.309 e. The van der Waals surface area contributed by atoms with E-state index in [1.165, 1.54) is 110 Å². The van der Waals surface area contributed by atoms with E-state index in [1.807, 2.05) is 0 Å². The second-order valence-corrected chi connectivity index (χ2v) is 17.3. The summed E-state index contributed by atoms with van der Waals surface area (Å²) in [4.78, 5) is 0. The van der Waals surface area contributed by atoms with Gasteiger partial charge < -0.3 is 13.7 Å². The first-order valence-electron chi connectivity index (χ1n) is 22.2. The van der Waals surface area contributed by atoms with Gasteiger partial charge in [-0.05, 0) is 106 Å². The van der Waals surface area contributed by atoms with Gasteiger partial charge in [0.15, 0.2) is 0 Å². The van der Waals surface area contributed by atoms with Crippen LogP contribution in [0.5, 0.6) is 0 Å². The Kier molecular flexibility index (Phi) is 7.46. The summed E-state index contributed by atoms with van der Waals surface area (Å²) >= 11 is 0. The van der Waals surface area contributed by atoms with Crippen LogP contribution in [-0.2, 0) is 0 Å². The number of aromatic nitrogens is 3. The van der Waals surface area contributed by atoms with Crippen LogP contribution in [0.3, 0.4) is 0 Å². The number of hydrogen-bond donors (Lipinski definition) is 0. The lowest BCUT2D eigenvalue weighted by Gasteiger charge is -2.17. The second-order valence-electron chi connectivity index (χ2n) is 17.3. The molecule has 0 aliphatic heterocycles. The molecule has 3 aromatic heterocycles. The Balaban J connectivity index is 0.842. The van der Waals surface area contributed by atoms with Crippen molar-refractivity contribution in [3.63, 3.8) is 0 Å². The highest BCUT2D eigenvalue weighted by Crippen LogP contribution is 2.49. The van der Waals surface area contributed by atoms with Gasteiger partial charge in [-0.15, -0.1) is 0 Å². The lowest BCUT2D eigenvalue weighted by Crippen LogP contribution is -2.01. The number of hydrogen-bond acceptors (Lipinski definition) is 0. The molecule has 0 radical (unpaired) electrons. The average molecular weight is 814 g/mol. The van der Waals surface area contributed by atoms with Gasteiger partial charge in [-0.1, -0.05) is 164 Å². The van der Waals surface area contributed by atoms with E-state index in [2.05, 4.69) is 244 Å². The molecule has 3 heterocycles. The molecule has 1 aliphatic carbocycles. The molecule has 0 amide bonds. The van der Waals surface area contributed by atoms with Crippen molar-refractivity contribution in [3.8, 4) is 39.3 Å². The van der Waals surface area contributed by atoms with Gasteiger partial charge in [-0.3, -0.25) is 0 Å². The summed E-state index contributed by atoms with van der Waals surface area (Å²) in [6, 6.07) is 85.2. The molecule has 3 nitrogen and oxygen atoms in total. The molecule has 0 fully saturated rings. The summed E-state index contributed by atoms with van der Waals surface area (Å²) in [7, 11) is 0. The van der Waals surface area contributed by atoms with Crippen LogP contribution in [-0.4, -0.2) is 13.7 Å². The van der Waals surface area contributed by atoms with Gasteiger partial charge in [0.1, 0.15) is 0 Å². The van der Waals surface area contributed by atoms with Crippen LogP contribution < -0.4 is 0 Å². The SMILES string of the molecule is c1ccc2c(c1)-c1ccc(-n3c4ccccc4c4ccccc43)cc1C2c1ccc(-c2ccc(-n3c4ccccc4c4ccc(-n5c6ccccc6c6ccccc65)cc43)cc2)cc1. The highest BCUT2D eigenvalue weighted by atomic mass is 15.0. The van der Waals surface area contributed by atoms with Crippen molar-refractivity contribution in [2.45, 2.75) is 5.92 Å². The van der Waals surface area contributed by atoms with Gasteiger partial charge in [-0.25, -0.2) is 0 Å². The molecule has 0 saturated heterocycles. The highest BCUT2D eigenvalue weighted by molar-refractivity contribution is 6.12. The number of rotatable bonds is 5. The van der Waals surface area contributed by atoms with E-state index >= 15 is 0 Å². The maximum absolute atomic E-state index is 2.44. The number of fused-ring (bicyclic) bond motifs is 12. The smallest absolute Gasteiger partial charge is 0.0561 e. The zero-order valence-electron chi connectivity index (χ0n) is 34.9.